The molecule has 112 valence electrons. The minimum absolute atomic E-state index is 0.123. The molecule has 7 heteroatoms. The van der Waals surface area contributed by atoms with Crippen LogP contribution >= 0.6 is 0 Å². The van der Waals surface area contributed by atoms with Crippen LogP contribution in [0.4, 0.5) is 11.5 Å². The zero-order chi connectivity index (χ0) is 16.1. The maximum absolute atomic E-state index is 11.9. The van der Waals surface area contributed by atoms with Crippen LogP contribution in [0.15, 0.2) is 42.6 Å². The Bertz CT molecular complexity index is 743. The van der Waals surface area contributed by atoms with Gasteiger partial charge in [-0.3, -0.25) is 14.4 Å². The summed E-state index contributed by atoms with van der Waals surface area (Å²) in [7, 11) is 0. The lowest BCUT2D eigenvalue weighted by Gasteiger charge is -2.09. The summed E-state index contributed by atoms with van der Waals surface area (Å²) < 4.78 is 0. The number of amides is 3. The summed E-state index contributed by atoms with van der Waals surface area (Å²) in [5, 5.41) is 4.72. The molecule has 2 rings (SSSR count). The zero-order valence-electron chi connectivity index (χ0n) is 11.8. The Hall–Kier alpha value is -3.22. The van der Waals surface area contributed by atoms with E-state index in [-0.39, 0.29) is 17.1 Å². The lowest BCUT2D eigenvalue weighted by Crippen LogP contribution is -2.30. The van der Waals surface area contributed by atoms with Gasteiger partial charge in [-0.2, -0.15) is 0 Å². The molecule has 0 aliphatic rings. The van der Waals surface area contributed by atoms with Crippen molar-refractivity contribution in [1.82, 2.24) is 4.98 Å². The average Bonchev–Trinajstić information content (AvgIpc) is 2.47. The van der Waals surface area contributed by atoms with Crippen molar-refractivity contribution in [2.75, 3.05) is 10.6 Å². The fourth-order valence-corrected chi connectivity index (χ4v) is 1.76. The number of hydrogen-bond acceptors (Lipinski definition) is 4. The van der Waals surface area contributed by atoms with Crippen molar-refractivity contribution in [3.05, 3.63) is 53.7 Å². The normalized spacial score (nSPS) is 9.86. The first-order valence-corrected chi connectivity index (χ1v) is 6.41. The fraction of sp³-hybridized carbons (Fsp3) is 0.0667. The van der Waals surface area contributed by atoms with Crippen molar-refractivity contribution >= 4 is 29.2 Å². The van der Waals surface area contributed by atoms with Crippen LogP contribution in [-0.4, -0.2) is 22.7 Å². The molecule has 4 N–H and O–H groups in total. The number of aryl methyl sites for hydroxylation is 1. The van der Waals surface area contributed by atoms with E-state index in [9.17, 15) is 14.4 Å². The van der Waals surface area contributed by atoms with Gasteiger partial charge in [0.1, 0.15) is 5.82 Å². The maximum atomic E-state index is 11.9. The molecule has 1 aromatic heterocycles. The van der Waals surface area contributed by atoms with Crippen molar-refractivity contribution in [3.8, 4) is 0 Å². The minimum Gasteiger partial charge on any atom is -0.366 e. The number of anilines is 2. The van der Waals surface area contributed by atoms with Gasteiger partial charge < -0.3 is 16.4 Å². The van der Waals surface area contributed by atoms with Crippen molar-refractivity contribution in [1.29, 1.82) is 0 Å². The lowest BCUT2D eigenvalue weighted by atomic mass is 10.1. The van der Waals surface area contributed by atoms with Crippen LogP contribution in [-0.2, 0) is 9.59 Å². The summed E-state index contributed by atoms with van der Waals surface area (Å²) in [5.41, 5.74) is 6.40. The Morgan fingerprint density at radius 1 is 1.05 bits per heavy atom. The van der Waals surface area contributed by atoms with E-state index in [1.807, 2.05) is 6.92 Å². The van der Waals surface area contributed by atoms with Crippen molar-refractivity contribution in [2.45, 2.75) is 6.92 Å². The van der Waals surface area contributed by atoms with Gasteiger partial charge in [0, 0.05) is 6.20 Å². The molecular weight excluding hydrogens is 284 g/mol. The number of rotatable bonds is 3. The Morgan fingerprint density at radius 3 is 2.41 bits per heavy atom. The number of pyridine rings is 1. The summed E-state index contributed by atoms with van der Waals surface area (Å²) >= 11 is 0. The van der Waals surface area contributed by atoms with Crippen LogP contribution in [0, 0.1) is 6.92 Å². The molecule has 0 atom stereocenters. The third kappa shape index (κ3) is 3.66. The number of para-hydroxylation sites is 1. The standard InChI is InChI=1S/C15H14N4O3/c1-9-6-7-17-12(8-9)19-15(22)14(21)18-11-5-3-2-4-10(11)13(16)20/h2-8H,1H3,(H2,16,20)(H,18,21)(H,17,19,22). The van der Waals surface area contributed by atoms with Crippen molar-refractivity contribution in [3.63, 3.8) is 0 Å². The van der Waals surface area contributed by atoms with E-state index in [0.717, 1.165) is 5.56 Å². The quantitative estimate of drug-likeness (QED) is 0.735. The van der Waals surface area contributed by atoms with E-state index in [4.69, 9.17) is 5.73 Å². The summed E-state index contributed by atoms with van der Waals surface area (Å²) in [5.74, 6) is -2.24. The molecule has 0 fully saturated rings. The molecule has 0 radical (unpaired) electrons. The second-order valence-corrected chi connectivity index (χ2v) is 4.54. The average molecular weight is 298 g/mol. The Morgan fingerprint density at radius 2 is 1.73 bits per heavy atom. The molecule has 0 aliphatic heterocycles. The minimum atomic E-state index is -0.919. The highest BCUT2D eigenvalue weighted by molar-refractivity contribution is 6.43. The van der Waals surface area contributed by atoms with Gasteiger partial charge in [-0.05, 0) is 36.8 Å². The molecule has 2 aromatic rings. The topological polar surface area (TPSA) is 114 Å². The second-order valence-electron chi connectivity index (χ2n) is 4.54. The summed E-state index contributed by atoms with van der Waals surface area (Å²) in [6.45, 7) is 1.83. The monoisotopic (exact) mass is 298 g/mol. The lowest BCUT2D eigenvalue weighted by molar-refractivity contribution is -0.133. The molecule has 7 nitrogen and oxygen atoms in total. The number of nitrogens with two attached hydrogens (primary N) is 1. The SMILES string of the molecule is Cc1ccnc(NC(=O)C(=O)Nc2ccccc2C(N)=O)c1. The van der Waals surface area contributed by atoms with E-state index in [1.165, 1.54) is 18.3 Å². The van der Waals surface area contributed by atoms with Gasteiger partial charge in [-0.15, -0.1) is 0 Å². The largest absolute Gasteiger partial charge is 0.366 e. The zero-order valence-corrected chi connectivity index (χ0v) is 11.8. The first-order valence-electron chi connectivity index (χ1n) is 6.41. The van der Waals surface area contributed by atoms with Crippen LogP contribution in [0.3, 0.4) is 0 Å². The van der Waals surface area contributed by atoms with Crippen LogP contribution in [0.5, 0.6) is 0 Å². The fourth-order valence-electron chi connectivity index (χ4n) is 1.76. The second kappa shape index (κ2) is 6.49. The smallest absolute Gasteiger partial charge is 0.315 e. The molecule has 1 heterocycles. The third-order valence-electron chi connectivity index (χ3n) is 2.80. The number of primary amides is 1. The number of carbonyl (C=O) groups excluding carboxylic acids is 3. The van der Waals surface area contributed by atoms with Gasteiger partial charge in [0.05, 0.1) is 11.3 Å². The third-order valence-corrected chi connectivity index (χ3v) is 2.80. The molecule has 22 heavy (non-hydrogen) atoms. The van der Waals surface area contributed by atoms with Crippen LogP contribution in [0.25, 0.3) is 0 Å². The molecular formula is C15H14N4O3. The van der Waals surface area contributed by atoms with E-state index in [0.29, 0.717) is 0 Å². The summed E-state index contributed by atoms with van der Waals surface area (Å²) in [4.78, 5) is 38.9. The van der Waals surface area contributed by atoms with Crippen molar-refractivity contribution < 1.29 is 14.4 Å². The number of nitrogens with zero attached hydrogens (tertiary/aromatic N) is 1. The molecule has 0 spiro atoms. The van der Waals surface area contributed by atoms with E-state index in [2.05, 4.69) is 15.6 Å². The highest BCUT2D eigenvalue weighted by atomic mass is 16.2. The molecule has 0 bridgehead atoms. The van der Waals surface area contributed by atoms with Crippen molar-refractivity contribution in [2.24, 2.45) is 5.73 Å². The summed E-state index contributed by atoms with van der Waals surface area (Å²) in [6, 6.07) is 9.55. The van der Waals surface area contributed by atoms with Gasteiger partial charge in [-0.25, -0.2) is 4.98 Å². The molecule has 0 saturated carbocycles. The molecule has 0 unspecified atom stereocenters. The Balaban J connectivity index is 2.09. The van der Waals surface area contributed by atoms with E-state index < -0.39 is 17.7 Å². The number of nitrogens with one attached hydrogen (secondary N) is 2. The maximum Gasteiger partial charge on any atom is 0.315 e. The van der Waals surface area contributed by atoms with Crippen LogP contribution < -0.4 is 16.4 Å². The molecule has 3 amide bonds. The highest BCUT2D eigenvalue weighted by Crippen LogP contribution is 2.14. The number of hydrogen-bond donors (Lipinski definition) is 3. The van der Waals surface area contributed by atoms with Gasteiger partial charge in [0.25, 0.3) is 5.91 Å². The first-order chi connectivity index (χ1) is 10.5. The molecule has 0 saturated heterocycles. The van der Waals surface area contributed by atoms with Gasteiger partial charge in [0.15, 0.2) is 0 Å². The van der Waals surface area contributed by atoms with E-state index in [1.54, 1.807) is 24.3 Å². The van der Waals surface area contributed by atoms with Gasteiger partial charge in [0.2, 0.25) is 0 Å². The van der Waals surface area contributed by atoms with E-state index >= 15 is 0 Å². The predicted molar refractivity (Wildman–Crippen MR) is 81.2 cm³/mol. The summed E-state index contributed by atoms with van der Waals surface area (Å²) in [6.07, 6.45) is 1.52. The Labute approximate surface area is 126 Å². The Kier molecular flexibility index (Phi) is 4.47. The first kappa shape index (κ1) is 15.2. The van der Waals surface area contributed by atoms with Crippen LogP contribution in [0.1, 0.15) is 15.9 Å². The van der Waals surface area contributed by atoms with Gasteiger partial charge in [-0.1, -0.05) is 12.1 Å². The van der Waals surface area contributed by atoms with Gasteiger partial charge >= 0.3 is 11.8 Å². The molecule has 1 aromatic carbocycles. The number of carbonyl (C=O) groups is 3. The number of aromatic nitrogens is 1. The predicted octanol–water partition coefficient (Wildman–Crippen LogP) is 1.07. The van der Waals surface area contributed by atoms with Crippen LogP contribution in [0.2, 0.25) is 0 Å². The molecule has 0 aliphatic carbocycles. The highest BCUT2D eigenvalue weighted by Gasteiger charge is 2.17. The number of benzene rings is 1.